The van der Waals surface area contributed by atoms with E-state index >= 15 is 0 Å². The van der Waals surface area contributed by atoms with Gasteiger partial charge in [-0.05, 0) is 66.5 Å². The lowest BCUT2D eigenvalue weighted by molar-refractivity contribution is -0.127. The van der Waals surface area contributed by atoms with E-state index in [-0.39, 0.29) is 11.2 Å². The van der Waals surface area contributed by atoms with Crippen molar-refractivity contribution in [2.75, 3.05) is 0 Å². The van der Waals surface area contributed by atoms with Crippen LogP contribution in [0.25, 0.3) is 0 Å². The number of benzene rings is 2. The Morgan fingerprint density at radius 1 is 1.03 bits per heavy atom. The molecule has 158 valence electrons. The summed E-state index contributed by atoms with van der Waals surface area (Å²) < 4.78 is 41.1. The molecule has 1 aliphatic rings. The van der Waals surface area contributed by atoms with Crippen LogP contribution >= 0.6 is 0 Å². The second-order valence-corrected chi connectivity index (χ2v) is 10.5. The fourth-order valence-corrected chi connectivity index (χ4v) is 5.12. The third-order valence-corrected chi connectivity index (χ3v) is 7.19. The first-order chi connectivity index (χ1) is 14.1. The number of halogens is 1. The zero-order chi connectivity index (χ0) is 22.0. The molecule has 0 heterocycles. The van der Waals surface area contributed by atoms with Crippen LogP contribution in [0, 0.1) is 22.6 Å². The molecule has 0 radical (unpaired) electrons. The van der Waals surface area contributed by atoms with Gasteiger partial charge < -0.3 is 0 Å². The van der Waals surface area contributed by atoms with Gasteiger partial charge in [-0.25, -0.2) is 12.8 Å². The quantitative estimate of drug-likeness (QED) is 0.774. The van der Waals surface area contributed by atoms with Gasteiger partial charge in [0.15, 0.2) is 0 Å². The molecule has 0 aromatic heterocycles. The Morgan fingerprint density at radius 3 is 2.13 bits per heavy atom. The monoisotopic (exact) mass is 428 g/mol. The van der Waals surface area contributed by atoms with E-state index in [1.807, 2.05) is 6.07 Å². The highest BCUT2D eigenvalue weighted by Gasteiger charge is 2.46. The van der Waals surface area contributed by atoms with E-state index in [9.17, 15) is 17.6 Å². The molecule has 2 aromatic carbocycles. The number of carbonyl (C=O) groups is 1. The van der Waals surface area contributed by atoms with Crippen LogP contribution < -0.4 is 4.72 Å². The van der Waals surface area contributed by atoms with Crippen molar-refractivity contribution >= 4 is 15.9 Å². The summed E-state index contributed by atoms with van der Waals surface area (Å²) in [4.78, 5) is 13.3. The molecule has 7 heteroatoms. The van der Waals surface area contributed by atoms with Gasteiger partial charge in [-0.1, -0.05) is 38.1 Å². The first-order valence-corrected chi connectivity index (χ1v) is 11.5. The number of carbonyl (C=O) groups excluding carboxylic acids is 1. The maximum absolute atomic E-state index is 13.5. The Hall–Kier alpha value is -2.72. The van der Waals surface area contributed by atoms with E-state index < -0.39 is 27.2 Å². The molecule has 0 bridgehead atoms. The van der Waals surface area contributed by atoms with E-state index in [4.69, 9.17) is 5.26 Å². The highest BCUT2D eigenvalue weighted by Crippen LogP contribution is 2.47. The summed E-state index contributed by atoms with van der Waals surface area (Å²) in [5, 5.41) is 8.87. The van der Waals surface area contributed by atoms with Gasteiger partial charge in [-0.2, -0.15) is 5.26 Å². The van der Waals surface area contributed by atoms with Crippen LogP contribution in [-0.2, 0) is 26.0 Å². The van der Waals surface area contributed by atoms with Crippen molar-refractivity contribution in [1.29, 1.82) is 5.26 Å². The van der Waals surface area contributed by atoms with Gasteiger partial charge in [0.1, 0.15) is 5.82 Å². The molecular formula is C23H25FN2O3S. The van der Waals surface area contributed by atoms with Crippen LogP contribution in [0.15, 0.2) is 48.5 Å². The van der Waals surface area contributed by atoms with E-state index in [1.165, 1.54) is 24.3 Å². The predicted octanol–water partition coefficient (Wildman–Crippen LogP) is 4.18. The molecule has 0 saturated heterocycles. The fourth-order valence-electron chi connectivity index (χ4n) is 3.94. The van der Waals surface area contributed by atoms with Gasteiger partial charge in [-0.15, -0.1) is 0 Å². The van der Waals surface area contributed by atoms with Gasteiger partial charge >= 0.3 is 0 Å². The summed E-state index contributed by atoms with van der Waals surface area (Å²) >= 11 is 0. The standard InChI is InChI=1S/C23H25FN2O3S/c1-22(2)11-13-23(14-12-22,19-7-9-20(24)10-8-19)21(27)26-30(28,29)16-18-5-3-17(15-25)4-6-18/h3-10H,11-14,16H2,1-2H3,(H,26,27). The average molecular weight is 429 g/mol. The maximum atomic E-state index is 13.5. The molecule has 1 aliphatic carbocycles. The van der Waals surface area contributed by atoms with Crippen molar-refractivity contribution in [2.24, 2.45) is 5.41 Å². The number of hydrogen-bond donors (Lipinski definition) is 1. The van der Waals surface area contributed by atoms with Crippen LogP contribution in [0.3, 0.4) is 0 Å². The number of nitrogens with zero attached hydrogens (tertiary/aromatic N) is 1. The molecular weight excluding hydrogens is 403 g/mol. The zero-order valence-corrected chi connectivity index (χ0v) is 17.9. The molecule has 2 aromatic rings. The van der Waals surface area contributed by atoms with Crippen molar-refractivity contribution in [3.8, 4) is 6.07 Å². The van der Waals surface area contributed by atoms with Crippen LogP contribution in [-0.4, -0.2) is 14.3 Å². The van der Waals surface area contributed by atoms with Gasteiger partial charge in [0.2, 0.25) is 15.9 Å². The minimum atomic E-state index is -3.94. The average Bonchev–Trinajstić information content (AvgIpc) is 2.69. The van der Waals surface area contributed by atoms with Crippen molar-refractivity contribution in [3.05, 3.63) is 71.0 Å². The molecule has 0 aliphatic heterocycles. The van der Waals surface area contributed by atoms with Crippen molar-refractivity contribution in [1.82, 2.24) is 4.72 Å². The number of nitriles is 1. The normalized spacial score (nSPS) is 17.7. The van der Waals surface area contributed by atoms with Gasteiger partial charge in [0, 0.05) is 0 Å². The highest BCUT2D eigenvalue weighted by molar-refractivity contribution is 7.89. The lowest BCUT2D eigenvalue weighted by atomic mass is 9.62. The van der Waals surface area contributed by atoms with Crippen molar-refractivity contribution < 1.29 is 17.6 Å². The highest BCUT2D eigenvalue weighted by atomic mass is 32.2. The maximum Gasteiger partial charge on any atom is 0.244 e. The second-order valence-electron chi connectivity index (χ2n) is 8.75. The van der Waals surface area contributed by atoms with E-state index in [2.05, 4.69) is 18.6 Å². The van der Waals surface area contributed by atoms with Gasteiger partial charge in [-0.3, -0.25) is 9.52 Å². The molecule has 1 saturated carbocycles. The first kappa shape index (κ1) is 22.0. The smallest absolute Gasteiger partial charge is 0.244 e. The Bertz CT molecular complexity index is 1060. The predicted molar refractivity (Wildman–Crippen MR) is 112 cm³/mol. The molecule has 0 spiro atoms. The molecule has 5 nitrogen and oxygen atoms in total. The van der Waals surface area contributed by atoms with E-state index in [0.717, 1.165) is 12.8 Å². The molecule has 3 rings (SSSR count). The third-order valence-electron chi connectivity index (χ3n) is 5.98. The van der Waals surface area contributed by atoms with Crippen LogP contribution in [0.2, 0.25) is 0 Å². The van der Waals surface area contributed by atoms with Gasteiger partial charge in [0.05, 0.1) is 22.8 Å². The summed E-state index contributed by atoms with van der Waals surface area (Å²) in [5.74, 6) is -1.34. The van der Waals surface area contributed by atoms with E-state index in [1.54, 1.807) is 24.3 Å². The summed E-state index contributed by atoms with van der Waals surface area (Å²) in [7, 11) is -3.94. The largest absolute Gasteiger partial charge is 0.273 e. The van der Waals surface area contributed by atoms with Crippen LogP contribution in [0.4, 0.5) is 4.39 Å². The molecule has 30 heavy (non-hydrogen) atoms. The Labute approximate surface area is 177 Å². The number of nitrogens with one attached hydrogen (secondary N) is 1. The summed E-state index contributed by atoms with van der Waals surface area (Å²) in [6.07, 6.45) is 2.49. The van der Waals surface area contributed by atoms with Crippen LogP contribution in [0.5, 0.6) is 0 Å². The molecule has 1 amide bonds. The minimum absolute atomic E-state index is 0.0607. The SMILES string of the molecule is CC1(C)CCC(C(=O)NS(=O)(=O)Cc2ccc(C#N)cc2)(c2ccc(F)cc2)CC1. The zero-order valence-electron chi connectivity index (χ0n) is 17.1. The number of hydrogen-bond acceptors (Lipinski definition) is 4. The fraction of sp³-hybridized carbons (Fsp3) is 0.391. The Balaban J connectivity index is 1.85. The second kappa shape index (κ2) is 8.19. The lowest BCUT2D eigenvalue weighted by Gasteiger charge is -2.42. The first-order valence-electron chi connectivity index (χ1n) is 9.85. The molecule has 0 atom stereocenters. The summed E-state index contributed by atoms with van der Waals surface area (Å²) in [6, 6.07) is 13.9. The van der Waals surface area contributed by atoms with Gasteiger partial charge in [0.25, 0.3) is 0 Å². The number of rotatable bonds is 5. The van der Waals surface area contributed by atoms with Crippen molar-refractivity contribution in [2.45, 2.75) is 50.7 Å². The minimum Gasteiger partial charge on any atom is -0.273 e. The molecule has 1 N–H and O–H groups in total. The van der Waals surface area contributed by atoms with Crippen LogP contribution in [0.1, 0.15) is 56.2 Å². The molecule has 0 unspecified atom stereocenters. The van der Waals surface area contributed by atoms with E-state index in [0.29, 0.717) is 29.5 Å². The third kappa shape index (κ3) is 4.88. The number of amides is 1. The van der Waals surface area contributed by atoms with Crippen molar-refractivity contribution in [3.63, 3.8) is 0 Å². The Kier molecular flexibility index (Phi) is 6.00. The number of sulfonamides is 1. The topological polar surface area (TPSA) is 87.0 Å². The Morgan fingerprint density at radius 2 is 1.60 bits per heavy atom. The summed E-state index contributed by atoms with van der Waals surface area (Å²) in [5.41, 5.74) is 0.590. The lowest BCUT2D eigenvalue weighted by Crippen LogP contribution is -2.49. The molecule has 1 fully saturated rings. The summed E-state index contributed by atoms with van der Waals surface area (Å²) in [6.45, 7) is 4.25.